The lowest BCUT2D eigenvalue weighted by atomic mass is 10.0. The average molecular weight is 233 g/mol. The first-order valence-corrected chi connectivity index (χ1v) is 5.28. The SMILES string of the molecule is Cc1cc(C(O)C(O)CCCl)ccc1F. The number of rotatable bonds is 4. The highest BCUT2D eigenvalue weighted by Gasteiger charge is 2.18. The van der Waals surface area contributed by atoms with Crippen LogP contribution in [0.5, 0.6) is 0 Å². The van der Waals surface area contributed by atoms with Gasteiger partial charge >= 0.3 is 0 Å². The largest absolute Gasteiger partial charge is 0.390 e. The molecule has 0 aromatic heterocycles. The van der Waals surface area contributed by atoms with Gasteiger partial charge in [0.1, 0.15) is 11.9 Å². The van der Waals surface area contributed by atoms with Gasteiger partial charge < -0.3 is 10.2 Å². The van der Waals surface area contributed by atoms with Crippen molar-refractivity contribution >= 4 is 11.6 Å². The molecule has 1 aromatic rings. The molecular formula is C11H14ClFO2. The number of aryl methyl sites for hydroxylation is 1. The van der Waals surface area contributed by atoms with Gasteiger partial charge in [-0.15, -0.1) is 11.6 Å². The Morgan fingerprint density at radius 3 is 2.60 bits per heavy atom. The number of hydrogen-bond acceptors (Lipinski definition) is 2. The predicted molar refractivity (Wildman–Crippen MR) is 57.4 cm³/mol. The van der Waals surface area contributed by atoms with Crippen LogP contribution in [-0.4, -0.2) is 22.2 Å². The maximum Gasteiger partial charge on any atom is 0.126 e. The fourth-order valence-electron chi connectivity index (χ4n) is 1.34. The molecule has 15 heavy (non-hydrogen) atoms. The normalized spacial score (nSPS) is 15.0. The standard InChI is InChI=1S/C11H14ClFO2/c1-7-6-8(2-3-9(7)13)11(15)10(14)4-5-12/h2-3,6,10-11,14-15H,4-5H2,1H3. The van der Waals surface area contributed by atoms with Gasteiger partial charge in [0.15, 0.2) is 0 Å². The summed E-state index contributed by atoms with van der Waals surface area (Å²) in [7, 11) is 0. The van der Waals surface area contributed by atoms with E-state index in [0.29, 0.717) is 17.5 Å². The molecule has 1 rings (SSSR count). The van der Waals surface area contributed by atoms with E-state index in [0.717, 1.165) is 0 Å². The fraction of sp³-hybridized carbons (Fsp3) is 0.455. The van der Waals surface area contributed by atoms with Crippen molar-refractivity contribution in [2.45, 2.75) is 25.6 Å². The van der Waals surface area contributed by atoms with Gasteiger partial charge in [-0.2, -0.15) is 0 Å². The summed E-state index contributed by atoms with van der Waals surface area (Å²) in [6.07, 6.45) is -1.62. The zero-order chi connectivity index (χ0) is 11.4. The van der Waals surface area contributed by atoms with E-state index in [1.165, 1.54) is 18.2 Å². The van der Waals surface area contributed by atoms with E-state index >= 15 is 0 Å². The van der Waals surface area contributed by atoms with Gasteiger partial charge in [0.05, 0.1) is 6.10 Å². The lowest BCUT2D eigenvalue weighted by Gasteiger charge is -2.17. The van der Waals surface area contributed by atoms with Gasteiger partial charge in [0.25, 0.3) is 0 Å². The van der Waals surface area contributed by atoms with Crippen LogP contribution in [-0.2, 0) is 0 Å². The minimum absolute atomic E-state index is 0.276. The molecule has 84 valence electrons. The van der Waals surface area contributed by atoms with Crippen molar-refractivity contribution in [3.63, 3.8) is 0 Å². The first-order valence-electron chi connectivity index (χ1n) is 4.74. The van der Waals surface area contributed by atoms with Crippen molar-refractivity contribution in [3.8, 4) is 0 Å². The summed E-state index contributed by atoms with van der Waals surface area (Å²) in [5.41, 5.74) is 0.955. The average Bonchev–Trinajstić information content (AvgIpc) is 2.21. The van der Waals surface area contributed by atoms with E-state index in [2.05, 4.69) is 0 Å². The molecule has 0 spiro atoms. The summed E-state index contributed by atoms with van der Waals surface area (Å²) in [6, 6.07) is 4.27. The van der Waals surface area contributed by atoms with E-state index in [1.54, 1.807) is 6.92 Å². The summed E-state index contributed by atoms with van der Waals surface area (Å²) in [5, 5.41) is 19.2. The second-order valence-corrected chi connectivity index (χ2v) is 3.88. The summed E-state index contributed by atoms with van der Waals surface area (Å²) in [6.45, 7) is 1.61. The second kappa shape index (κ2) is 5.45. The highest BCUT2D eigenvalue weighted by molar-refractivity contribution is 6.17. The Balaban J connectivity index is 2.81. The van der Waals surface area contributed by atoms with Gasteiger partial charge in [0, 0.05) is 5.88 Å². The molecule has 0 aliphatic rings. The van der Waals surface area contributed by atoms with Gasteiger partial charge in [-0.05, 0) is 30.5 Å². The Morgan fingerprint density at radius 2 is 2.07 bits per heavy atom. The number of aliphatic hydroxyl groups excluding tert-OH is 2. The van der Waals surface area contributed by atoms with Crippen LogP contribution in [0.25, 0.3) is 0 Å². The summed E-state index contributed by atoms with van der Waals surface area (Å²) < 4.78 is 12.9. The Labute approximate surface area is 93.3 Å². The van der Waals surface area contributed by atoms with Crippen LogP contribution < -0.4 is 0 Å². The molecule has 2 atom stereocenters. The zero-order valence-electron chi connectivity index (χ0n) is 8.45. The number of benzene rings is 1. The number of halogens is 2. The second-order valence-electron chi connectivity index (χ2n) is 3.50. The molecule has 0 bridgehead atoms. The molecule has 2 unspecified atom stereocenters. The summed E-state index contributed by atoms with van der Waals surface area (Å²) in [4.78, 5) is 0. The van der Waals surface area contributed by atoms with Crippen molar-refractivity contribution < 1.29 is 14.6 Å². The predicted octanol–water partition coefficient (Wildman–Crippen LogP) is 2.16. The van der Waals surface area contributed by atoms with Crippen molar-refractivity contribution in [2.75, 3.05) is 5.88 Å². The maximum atomic E-state index is 12.9. The van der Waals surface area contributed by atoms with Crippen LogP contribution in [0.2, 0.25) is 0 Å². The van der Waals surface area contributed by atoms with E-state index in [4.69, 9.17) is 11.6 Å². The van der Waals surface area contributed by atoms with Gasteiger partial charge in [-0.1, -0.05) is 12.1 Å². The Morgan fingerprint density at radius 1 is 1.40 bits per heavy atom. The molecule has 1 aromatic carbocycles. The molecule has 0 radical (unpaired) electrons. The third-order valence-corrected chi connectivity index (χ3v) is 2.51. The van der Waals surface area contributed by atoms with E-state index in [9.17, 15) is 14.6 Å². The van der Waals surface area contributed by atoms with E-state index < -0.39 is 12.2 Å². The molecule has 0 saturated heterocycles. The van der Waals surface area contributed by atoms with Crippen LogP contribution in [0, 0.1) is 12.7 Å². The minimum Gasteiger partial charge on any atom is -0.390 e. The van der Waals surface area contributed by atoms with Crippen molar-refractivity contribution in [3.05, 3.63) is 35.1 Å². The highest BCUT2D eigenvalue weighted by Crippen LogP contribution is 2.21. The van der Waals surface area contributed by atoms with Gasteiger partial charge in [-0.25, -0.2) is 4.39 Å². The third-order valence-electron chi connectivity index (χ3n) is 2.29. The smallest absolute Gasteiger partial charge is 0.126 e. The fourth-order valence-corrected chi connectivity index (χ4v) is 1.57. The molecular weight excluding hydrogens is 219 g/mol. The van der Waals surface area contributed by atoms with E-state index in [1.807, 2.05) is 0 Å². The summed E-state index contributed by atoms with van der Waals surface area (Å²) >= 11 is 5.45. The number of aliphatic hydroxyl groups is 2. The van der Waals surface area contributed by atoms with Gasteiger partial charge in [0.2, 0.25) is 0 Å². The van der Waals surface area contributed by atoms with Crippen LogP contribution in [0.4, 0.5) is 4.39 Å². The molecule has 0 amide bonds. The van der Waals surface area contributed by atoms with Crippen molar-refractivity contribution in [1.82, 2.24) is 0 Å². The molecule has 0 heterocycles. The monoisotopic (exact) mass is 232 g/mol. The molecule has 0 saturated carbocycles. The van der Waals surface area contributed by atoms with Crippen LogP contribution in [0.15, 0.2) is 18.2 Å². The number of hydrogen-bond donors (Lipinski definition) is 2. The molecule has 0 fully saturated rings. The number of alkyl halides is 1. The molecule has 0 aliphatic carbocycles. The minimum atomic E-state index is -1.01. The highest BCUT2D eigenvalue weighted by atomic mass is 35.5. The van der Waals surface area contributed by atoms with Gasteiger partial charge in [-0.3, -0.25) is 0 Å². The van der Waals surface area contributed by atoms with Crippen LogP contribution in [0.1, 0.15) is 23.7 Å². The van der Waals surface area contributed by atoms with Crippen LogP contribution in [0.3, 0.4) is 0 Å². The lowest BCUT2D eigenvalue weighted by Crippen LogP contribution is -2.18. The Kier molecular flexibility index (Phi) is 4.51. The summed E-state index contributed by atoms with van der Waals surface area (Å²) in [5.74, 6) is -0.0453. The molecule has 0 aliphatic heterocycles. The molecule has 2 nitrogen and oxygen atoms in total. The van der Waals surface area contributed by atoms with E-state index in [-0.39, 0.29) is 11.7 Å². The van der Waals surface area contributed by atoms with Crippen molar-refractivity contribution in [2.24, 2.45) is 0 Å². The topological polar surface area (TPSA) is 40.5 Å². The molecule has 2 N–H and O–H groups in total. The Hall–Kier alpha value is -0.640. The molecule has 4 heteroatoms. The van der Waals surface area contributed by atoms with Crippen LogP contribution >= 0.6 is 11.6 Å². The zero-order valence-corrected chi connectivity index (χ0v) is 9.21. The Bertz CT molecular complexity index is 330. The quantitative estimate of drug-likeness (QED) is 0.781. The lowest BCUT2D eigenvalue weighted by molar-refractivity contribution is 0.0169. The third kappa shape index (κ3) is 3.16. The maximum absolute atomic E-state index is 12.9. The van der Waals surface area contributed by atoms with Crippen molar-refractivity contribution in [1.29, 1.82) is 0 Å². The first-order chi connectivity index (χ1) is 7.06. The first kappa shape index (κ1) is 12.4.